The smallest absolute Gasteiger partial charge is 0.272 e. The third-order valence-corrected chi connectivity index (χ3v) is 9.38. The molecule has 0 saturated carbocycles. The molecule has 3 heterocycles. The molecule has 0 bridgehead atoms. The van der Waals surface area contributed by atoms with Gasteiger partial charge in [0.25, 0.3) is 5.91 Å². The normalized spacial score (nSPS) is 20.6. The fraction of sp³-hybridized carbons (Fsp3) is 0.444. The van der Waals surface area contributed by atoms with Crippen LogP contribution >= 0.6 is 0 Å². The van der Waals surface area contributed by atoms with Crippen LogP contribution in [0, 0.1) is 5.82 Å². The molecule has 0 unspecified atom stereocenters. The van der Waals surface area contributed by atoms with Crippen molar-refractivity contribution in [3.05, 3.63) is 77.8 Å². The van der Waals surface area contributed by atoms with Gasteiger partial charge in [-0.3, -0.25) is 20.0 Å². The van der Waals surface area contributed by atoms with Gasteiger partial charge in [-0.15, -0.1) is 0 Å². The van der Waals surface area contributed by atoms with Gasteiger partial charge in [-0.1, -0.05) is 30.3 Å². The van der Waals surface area contributed by atoms with Crippen molar-refractivity contribution in [3.8, 4) is 0 Å². The molecule has 10 heteroatoms. The number of piperazine rings is 1. The number of carbonyl (C=O) groups excluding carboxylic acids is 1. The maximum Gasteiger partial charge on any atom is 0.272 e. The lowest BCUT2D eigenvalue weighted by atomic mass is 9.92. The predicted octanol–water partition coefficient (Wildman–Crippen LogP) is 2.54. The summed E-state index contributed by atoms with van der Waals surface area (Å²) in [6.45, 7) is 4.54. The van der Waals surface area contributed by atoms with Crippen LogP contribution in [0.1, 0.15) is 24.8 Å². The van der Waals surface area contributed by atoms with Gasteiger partial charge in [-0.05, 0) is 68.1 Å². The number of carbonyl (C=O) groups is 1. The Morgan fingerprint density at radius 3 is 2.30 bits per heavy atom. The molecular formula is C27H33FN4O4S. The van der Waals surface area contributed by atoms with E-state index in [9.17, 15) is 17.6 Å². The molecule has 1 N–H and O–H groups in total. The van der Waals surface area contributed by atoms with Gasteiger partial charge in [0.15, 0.2) is 0 Å². The van der Waals surface area contributed by atoms with Gasteiger partial charge in [-0.25, -0.2) is 12.8 Å². The summed E-state index contributed by atoms with van der Waals surface area (Å²) < 4.78 is 40.4. The second kappa shape index (κ2) is 10.9. The van der Waals surface area contributed by atoms with Crippen LogP contribution in [-0.4, -0.2) is 79.8 Å². The minimum Gasteiger partial charge on any atom is -0.335 e. The van der Waals surface area contributed by atoms with Gasteiger partial charge < -0.3 is 4.90 Å². The second-order valence-electron chi connectivity index (χ2n) is 9.91. The predicted molar refractivity (Wildman–Crippen MR) is 137 cm³/mol. The molecule has 2 fully saturated rings. The minimum atomic E-state index is -3.71. The lowest BCUT2D eigenvalue weighted by Gasteiger charge is -2.35. The first-order chi connectivity index (χ1) is 17.8. The number of halogens is 1. The van der Waals surface area contributed by atoms with E-state index in [0.717, 1.165) is 44.6 Å². The van der Waals surface area contributed by atoms with E-state index in [0.29, 0.717) is 31.6 Å². The first kappa shape index (κ1) is 25.8. The van der Waals surface area contributed by atoms with Gasteiger partial charge >= 0.3 is 0 Å². The quantitative estimate of drug-likeness (QED) is 0.595. The van der Waals surface area contributed by atoms with Crippen molar-refractivity contribution in [1.82, 2.24) is 19.6 Å². The molecule has 0 radical (unpaired) electrons. The van der Waals surface area contributed by atoms with Crippen molar-refractivity contribution in [3.63, 3.8) is 0 Å². The highest BCUT2D eigenvalue weighted by atomic mass is 32.2. The summed E-state index contributed by atoms with van der Waals surface area (Å²) in [5.41, 5.74) is 3.88. The number of aryl methyl sites for hydroxylation is 1. The van der Waals surface area contributed by atoms with Crippen LogP contribution < -0.4 is 5.48 Å². The Hall–Kier alpha value is -2.79. The molecule has 1 spiro atoms. The number of nitrogens with one attached hydrogen (secondary N) is 1. The number of piperidine rings is 1. The molecule has 37 heavy (non-hydrogen) atoms. The second-order valence-corrected chi connectivity index (χ2v) is 11.8. The Morgan fingerprint density at radius 1 is 0.946 bits per heavy atom. The molecule has 198 valence electrons. The van der Waals surface area contributed by atoms with E-state index in [1.807, 2.05) is 17.0 Å². The number of rotatable bonds is 7. The number of amides is 1. The Morgan fingerprint density at radius 2 is 1.62 bits per heavy atom. The Bertz CT molecular complexity index is 1220. The molecule has 5 rings (SSSR count). The standard InChI is InChI=1S/C27H33FN4O4S/c28-23-8-10-24(11-9-23)37(34,35)32-15-12-27(13-16-32)21-25(29-36-27)26(33)31-19-17-30(18-20-31)14-4-7-22-5-2-1-3-6-22/h1-3,5-6,8-11,21,29H,4,7,12-20H2. The van der Waals surface area contributed by atoms with Crippen LogP contribution in [0.5, 0.6) is 0 Å². The third-order valence-electron chi connectivity index (χ3n) is 7.46. The van der Waals surface area contributed by atoms with Crippen molar-refractivity contribution >= 4 is 15.9 Å². The topological polar surface area (TPSA) is 82.2 Å². The van der Waals surface area contributed by atoms with Crippen LogP contribution in [-0.2, 0) is 26.1 Å². The first-order valence-corrected chi connectivity index (χ1v) is 14.3. The molecule has 2 aromatic rings. The molecule has 0 atom stereocenters. The molecule has 2 saturated heterocycles. The molecule has 3 aliphatic rings. The number of hydrogen-bond donors (Lipinski definition) is 1. The number of hydrogen-bond acceptors (Lipinski definition) is 6. The number of nitrogens with zero attached hydrogens (tertiary/aromatic N) is 3. The maximum atomic E-state index is 13.2. The highest BCUT2D eigenvalue weighted by Crippen LogP contribution is 2.34. The highest BCUT2D eigenvalue weighted by Gasteiger charge is 2.43. The van der Waals surface area contributed by atoms with Crippen LogP contribution in [0.15, 0.2) is 71.3 Å². The monoisotopic (exact) mass is 528 g/mol. The lowest BCUT2D eigenvalue weighted by molar-refractivity contribution is -0.131. The summed E-state index contributed by atoms with van der Waals surface area (Å²) in [4.78, 5) is 23.3. The van der Waals surface area contributed by atoms with Gasteiger partial charge in [-0.2, -0.15) is 4.31 Å². The van der Waals surface area contributed by atoms with Crippen LogP contribution in [0.4, 0.5) is 4.39 Å². The van der Waals surface area contributed by atoms with E-state index in [1.165, 1.54) is 22.0 Å². The minimum absolute atomic E-state index is 0.0703. The average Bonchev–Trinajstić information content (AvgIpc) is 3.33. The van der Waals surface area contributed by atoms with Crippen molar-refractivity contribution in [2.45, 2.75) is 36.2 Å². The Balaban J connectivity index is 1.10. The van der Waals surface area contributed by atoms with Crippen molar-refractivity contribution in [2.75, 3.05) is 45.8 Å². The number of sulfonamides is 1. The summed E-state index contributed by atoms with van der Waals surface area (Å²) >= 11 is 0. The van der Waals surface area contributed by atoms with E-state index in [2.05, 4.69) is 34.6 Å². The third kappa shape index (κ3) is 5.87. The van der Waals surface area contributed by atoms with E-state index < -0.39 is 21.4 Å². The summed E-state index contributed by atoms with van der Waals surface area (Å²) in [6, 6.07) is 15.3. The van der Waals surface area contributed by atoms with E-state index >= 15 is 0 Å². The Labute approximate surface area is 217 Å². The molecule has 0 aliphatic carbocycles. The van der Waals surface area contributed by atoms with Gasteiger partial charge in [0, 0.05) is 39.3 Å². The van der Waals surface area contributed by atoms with E-state index in [4.69, 9.17) is 4.84 Å². The zero-order chi connectivity index (χ0) is 25.9. The lowest BCUT2D eigenvalue weighted by Crippen LogP contribution is -2.50. The van der Waals surface area contributed by atoms with Gasteiger partial charge in [0.1, 0.15) is 17.1 Å². The van der Waals surface area contributed by atoms with Crippen LogP contribution in [0.25, 0.3) is 0 Å². The summed E-state index contributed by atoms with van der Waals surface area (Å²) in [5, 5.41) is 0. The molecular weight excluding hydrogens is 495 g/mol. The molecule has 2 aromatic carbocycles. The summed E-state index contributed by atoms with van der Waals surface area (Å²) in [7, 11) is -3.71. The first-order valence-electron chi connectivity index (χ1n) is 12.8. The largest absolute Gasteiger partial charge is 0.335 e. The molecule has 0 aromatic heterocycles. The Kier molecular flexibility index (Phi) is 7.62. The van der Waals surface area contributed by atoms with Crippen LogP contribution in [0.2, 0.25) is 0 Å². The number of benzene rings is 2. The van der Waals surface area contributed by atoms with Crippen molar-refractivity contribution < 1.29 is 22.4 Å². The zero-order valence-electron chi connectivity index (χ0n) is 20.8. The SMILES string of the molecule is O=C(C1=CC2(CCN(S(=O)(=O)c3ccc(F)cc3)CC2)ON1)N1CCN(CCCc2ccccc2)CC1. The maximum absolute atomic E-state index is 13.2. The van der Waals surface area contributed by atoms with Crippen molar-refractivity contribution in [2.24, 2.45) is 0 Å². The van der Waals surface area contributed by atoms with Gasteiger partial charge in [0.05, 0.1) is 4.90 Å². The molecule has 8 nitrogen and oxygen atoms in total. The zero-order valence-corrected chi connectivity index (χ0v) is 21.6. The number of hydroxylamine groups is 1. The fourth-order valence-corrected chi connectivity index (χ4v) is 6.63. The van der Waals surface area contributed by atoms with Gasteiger partial charge in [0.2, 0.25) is 10.0 Å². The van der Waals surface area contributed by atoms with E-state index in [-0.39, 0.29) is 23.9 Å². The average molecular weight is 529 g/mol. The van der Waals surface area contributed by atoms with E-state index in [1.54, 1.807) is 0 Å². The molecule has 1 amide bonds. The summed E-state index contributed by atoms with van der Waals surface area (Å²) in [5.74, 6) is -0.559. The van der Waals surface area contributed by atoms with Crippen LogP contribution in [0.3, 0.4) is 0 Å². The highest BCUT2D eigenvalue weighted by molar-refractivity contribution is 7.89. The summed E-state index contributed by atoms with van der Waals surface area (Å²) in [6.07, 6.45) is 4.82. The van der Waals surface area contributed by atoms with Crippen molar-refractivity contribution in [1.29, 1.82) is 0 Å². The molecule has 3 aliphatic heterocycles. The fourth-order valence-electron chi connectivity index (χ4n) is 5.19.